The fraction of sp³-hybridized carbons (Fsp3) is 0.257. The first-order valence-electron chi connectivity index (χ1n) is 14.8. The van der Waals surface area contributed by atoms with Gasteiger partial charge in [0, 0.05) is 29.6 Å². The van der Waals surface area contributed by atoms with E-state index in [0.717, 1.165) is 28.3 Å². The van der Waals surface area contributed by atoms with Crippen LogP contribution < -0.4 is 9.62 Å². The number of sulfonamides is 1. The maximum atomic E-state index is 14.5. The highest BCUT2D eigenvalue weighted by Crippen LogP contribution is 2.29. The zero-order valence-electron chi connectivity index (χ0n) is 25.3. The summed E-state index contributed by atoms with van der Waals surface area (Å²) < 4.78 is 29.3. The molecule has 1 N–H and O–H groups in total. The molecule has 4 rings (SSSR count). The molecule has 4 aromatic carbocycles. The zero-order chi connectivity index (χ0) is 32.4. The molecule has 0 aliphatic carbocycles. The lowest BCUT2D eigenvalue weighted by Gasteiger charge is -2.34. The summed E-state index contributed by atoms with van der Waals surface area (Å²) in [7, 11) is -4.19. The van der Waals surface area contributed by atoms with E-state index in [1.54, 1.807) is 67.6 Å². The van der Waals surface area contributed by atoms with Gasteiger partial charge in [0.2, 0.25) is 11.8 Å². The Balaban J connectivity index is 1.80. The third-order valence-electron chi connectivity index (χ3n) is 7.40. The minimum atomic E-state index is -4.19. The van der Waals surface area contributed by atoms with E-state index in [-0.39, 0.29) is 23.8 Å². The largest absolute Gasteiger partial charge is 0.354 e. The number of unbranched alkanes of at least 4 members (excludes halogenated alkanes) is 1. The predicted octanol–water partition coefficient (Wildman–Crippen LogP) is 7.05. The van der Waals surface area contributed by atoms with Crippen LogP contribution in [0.1, 0.15) is 36.5 Å². The van der Waals surface area contributed by atoms with Crippen molar-refractivity contribution in [3.05, 3.63) is 130 Å². The van der Waals surface area contributed by atoms with E-state index in [9.17, 15) is 18.0 Å². The Kier molecular flexibility index (Phi) is 12.0. The minimum absolute atomic E-state index is 0.0366. The molecule has 0 saturated heterocycles. The molecule has 236 valence electrons. The van der Waals surface area contributed by atoms with E-state index in [0.29, 0.717) is 27.8 Å². The van der Waals surface area contributed by atoms with Crippen LogP contribution >= 0.6 is 23.2 Å². The first-order valence-corrected chi connectivity index (χ1v) is 17.0. The SMILES string of the molecule is CCCCNC(=O)[C@@H](Cc1ccccc1)N(Cc1ccc(Cl)cc1)C(=O)CN(c1ccc(Cl)cc1C)S(=O)(=O)c1ccccc1. The molecule has 0 aromatic heterocycles. The van der Waals surface area contributed by atoms with E-state index in [2.05, 4.69) is 5.32 Å². The lowest BCUT2D eigenvalue weighted by molar-refractivity contribution is -0.140. The predicted molar refractivity (Wildman–Crippen MR) is 181 cm³/mol. The van der Waals surface area contributed by atoms with Gasteiger partial charge < -0.3 is 10.2 Å². The Morgan fingerprint density at radius 2 is 1.44 bits per heavy atom. The van der Waals surface area contributed by atoms with Gasteiger partial charge >= 0.3 is 0 Å². The van der Waals surface area contributed by atoms with Crippen molar-refractivity contribution in [3.63, 3.8) is 0 Å². The molecular formula is C35H37Cl2N3O4S. The molecule has 0 radical (unpaired) electrons. The summed E-state index contributed by atoms with van der Waals surface area (Å²) in [6.07, 6.45) is 1.92. The van der Waals surface area contributed by atoms with E-state index in [1.807, 2.05) is 37.3 Å². The van der Waals surface area contributed by atoms with Gasteiger partial charge in [-0.3, -0.25) is 13.9 Å². The van der Waals surface area contributed by atoms with Crippen LogP contribution in [0.3, 0.4) is 0 Å². The second-order valence-electron chi connectivity index (χ2n) is 10.8. The van der Waals surface area contributed by atoms with E-state index in [4.69, 9.17) is 23.2 Å². The lowest BCUT2D eigenvalue weighted by atomic mass is 10.0. The van der Waals surface area contributed by atoms with Gasteiger partial charge in [-0.1, -0.05) is 97.2 Å². The summed E-state index contributed by atoms with van der Waals surface area (Å²) in [5.41, 5.74) is 2.50. The molecule has 10 heteroatoms. The van der Waals surface area contributed by atoms with Crippen LogP contribution in [-0.2, 0) is 32.6 Å². The normalized spacial score (nSPS) is 11.9. The molecule has 0 saturated carbocycles. The van der Waals surface area contributed by atoms with Crippen LogP contribution in [0.25, 0.3) is 0 Å². The monoisotopic (exact) mass is 665 g/mol. The Labute approximate surface area is 275 Å². The summed E-state index contributed by atoms with van der Waals surface area (Å²) >= 11 is 12.4. The molecule has 0 bridgehead atoms. The molecule has 0 fully saturated rings. The highest BCUT2D eigenvalue weighted by molar-refractivity contribution is 7.92. The van der Waals surface area contributed by atoms with Gasteiger partial charge in [-0.25, -0.2) is 8.42 Å². The van der Waals surface area contributed by atoms with Crippen LogP contribution in [0, 0.1) is 6.92 Å². The number of nitrogens with one attached hydrogen (secondary N) is 1. The van der Waals surface area contributed by atoms with E-state index >= 15 is 0 Å². The number of hydrogen-bond donors (Lipinski definition) is 1. The van der Waals surface area contributed by atoms with Crippen LogP contribution in [-0.4, -0.2) is 44.3 Å². The quantitative estimate of drug-likeness (QED) is 0.146. The number of hydrogen-bond acceptors (Lipinski definition) is 4. The van der Waals surface area contributed by atoms with Crippen molar-refractivity contribution in [2.75, 3.05) is 17.4 Å². The van der Waals surface area contributed by atoms with Gasteiger partial charge in [-0.2, -0.15) is 0 Å². The molecule has 2 amide bonds. The number of amides is 2. The Morgan fingerprint density at radius 1 is 0.822 bits per heavy atom. The fourth-order valence-corrected chi connectivity index (χ4v) is 6.83. The minimum Gasteiger partial charge on any atom is -0.354 e. The maximum Gasteiger partial charge on any atom is 0.264 e. The van der Waals surface area contributed by atoms with Crippen molar-refractivity contribution >= 4 is 50.7 Å². The number of halogens is 2. The summed E-state index contributed by atoms with van der Waals surface area (Å²) in [5, 5.41) is 3.97. The Morgan fingerprint density at radius 3 is 2.07 bits per heavy atom. The van der Waals surface area contributed by atoms with Gasteiger partial charge in [-0.15, -0.1) is 0 Å². The van der Waals surface area contributed by atoms with Gasteiger partial charge in [0.05, 0.1) is 10.6 Å². The molecule has 0 aliphatic heterocycles. The third kappa shape index (κ3) is 9.10. The third-order valence-corrected chi connectivity index (χ3v) is 9.67. The van der Waals surface area contributed by atoms with Gasteiger partial charge in [0.15, 0.2) is 0 Å². The van der Waals surface area contributed by atoms with Crippen LogP contribution in [0.15, 0.2) is 108 Å². The first-order chi connectivity index (χ1) is 21.6. The van der Waals surface area contributed by atoms with E-state index in [1.165, 1.54) is 17.0 Å². The first kappa shape index (κ1) is 34.0. The molecule has 0 spiro atoms. The number of carbonyl (C=O) groups excluding carboxylic acids is 2. The summed E-state index contributed by atoms with van der Waals surface area (Å²) in [6.45, 7) is 3.75. The average molecular weight is 667 g/mol. The van der Waals surface area contributed by atoms with Crippen molar-refractivity contribution < 1.29 is 18.0 Å². The van der Waals surface area contributed by atoms with Crippen molar-refractivity contribution in [3.8, 4) is 0 Å². The molecule has 45 heavy (non-hydrogen) atoms. The highest BCUT2D eigenvalue weighted by Gasteiger charge is 2.35. The molecule has 0 aliphatic rings. The molecule has 0 heterocycles. The molecule has 1 atom stereocenters. The number of aryl methyl sites for hydroxylation is 1. The summed E-state index contributed by atoms with van der Waals surface area (Å²) in [4.78, 5) is 29.8. The standard InChI is InChI=1S/C35H37Cl2N3O4S/c1-3-4-21-38-35(42)33(23-27-11-7-5-8-12-27)39(24-28-15-17-29(36)18-16-28)34(41)25-40(32-20-19-30(37)22-26(32)2)45(43,44)31-13-9-6-10-14-31/h5-20,22,33H,3-4,21,23-25H2,1-2H3,(H,38,42)/t33-/m1/s1. The molecular weight excluding hydrogens is 629 g/mol. The summed E-state index contributed by atoms with van der Waals surface area (Å²) in [6, 6.07) is 28.3. The number of carbonyl (C=O) groups is 2. The van der Waals surface area contributed by atoms with Crippen LogP contribution in [0.5, 0.6) is 0 Å². The molecule has 4 aromatic rings. The highest BCUT2D eigenvalue weighted by atomic mass is 35.5. The van der Waals surface area contributed by atoms with Gasteiger partial charge in [0.1, 0.15) is 12.6 Å². The molecule has 0 unspecified atom stereocenters. The van der Waals surface area contributed by atoms with Crippen molar-refractivity contribution in [2.45, 2.75) is 50.6 Å². The number of anilines is 1. The van der Waals surface area contributed by atoms with Crippen LogP contribution in [0.2, 0.25) is 10.0 Å². The number of benzene rings is 4. The fourth-order valence-electron chi connectivity index (χ4n) is 4.98. The van der Waals surface area contributed by atoms with Crippen molar-refractivity contribution in [2.24, 2.45) is 0 Å². The average Bonchev–Trinajstić information content (AvgIpc) is 3.03. The maximum absolute atomic E-state index is 14.5. The number of nitrogens with zero attached hydrogens (tertiary/aromatic N) is 2. The molecule has 7 nitrogen and oxygen atoms in total. The smallest absolute Gasteiger partial charge is 0.264 e. The van der Waals surface area contributed by atoms with Gasteiger partial charge in [0.25, 0.3) is 10.0 Å². The second-order valence-corrected chi connectivity index (χ2v) is 13.5. The summed E-state index contributed by atoms with van der Waals surface area (Å²) in [5.74, 6) is -0.847. The zero-order valence-corrected chi connectivity index (χ0v) is 27.7. The lowest BCUT2D eigenvalue weighted by Crippen LogP contribution is -2.53. The van der Waals surface area contributed by atoms with Crippen LogP contribution in [0.4, 0.5) is 5.69 Å². The number of rotatable bonds is 14. The second kappa shape index (κ2) is 15.9. The Hall–Kier alpha value is -3.85. The van der Waals surface area contributed by atoms with E-state index < -0.39 is 28.5 Å². The van der Waals surface area contributed by atoms with Crippen molar-refractivity contribution in [1.29, 1.82) is 0 Å². The van der Waals surface area contributed by atoms with Crippen molar-refractivity contribution in [1.82, 2.24) is 10.2 Å². The topological polar surface area (TPSA) is 86.8 Å². The Bertz CT molecular complexity index is 1690. The van der Waals surface area contributed by atoms with Gasteiger partial charge in [-0.05, 0) is 72.5 Å².